The van der Waals surface area contributed by atoms with E-state index in [1.165, 1.54) is 12.1 Å². The molecule has 0 atom stereocenters. The van der Waals surface area contributed by atoms with E-state index in [2.05, 4.69) is 30.5 Å². The van der Waals surface area contributed by atoms with Crippen LogP contribution in [0.1, 0.15) is 0 Å². The molecule has 0 amide bonds. The lowest BCUT2D eigenvalue weighted by molar-refractivity contribution is 0.486. The van der Waals surface area contributed by atoms with Crippen molar-refractivity contribution >= 4 is 44.0 Å². The Labute approximate surface area is 199 Å². The maximum Gasteiger partial charge on any atom is 0.175 e. The van der Waals surface area contributed by atoms with E-state index in [0.29, 0.717) is 50.3 Å². The van der Waals surface area contributed by atoms with Crippen LogP contribution < -0.4 is 10.1 Å². The highest BCUT2D eigenvalue weighted by atomic mass is 35.5. The molecule has 34 heavy (non-hydrogen) atoms. The molecule has 2 N–H and O–H groups in total. The van der Waals surface area contributed by atoms with E-state index in [4.69, 9.17) is 16.3 Å². The van der Waals surface area contributed by atoms with Crippen molar-refractivity contribution in [1.82, 2.24) is 25.1 Å². The lowest BCUT2D eigenvalue weighted by atomic mass is 10.1. The molecule has 3 aromatic heterocycles. The zero-order valence-electron chi connectivity index (χ0n) is 17.7. The van der Waals surface area contributed by atoms with Crippen LogP contribution in [0.3, 0.4) is 0 Å². The second-order valence-corrected chi connectivity index (χ2v) is 9.79. The monoisotopic (exact) mass is 492 g/mol. The van der Waals surface area contributed by atoms with E-state index in [9.17, 15) is 8.42 Å². The van der Waals surface area contributed by atoms with Crippen LogP contribution >= 0.6 is 11.6 Å². The number of ether oxygens (including phenoxy) is 1. The molecule has 0 aliphatic rings. The quantitative estimate of drug-likeness (QED) is 0.339. The van der Waals surface area contributed by atoms with E-state index in [1.54, 1.807) is 55.1 Å². The number of nitrogens with one attached hydrogen (secondary N) is 2. The van der Waals surface area contributed by atoms with Crippen molar-refractivity contribution in [3.05, 3.63) is 78.3 Å². The number of nitrogens with zero attached hydrogens (tertiary/aromatic N) is 4. The topological polar surface area (TPSA) is 123 Å². The summed E-state index contributed by atoms with van der Waals surface area (Å²) in [5.74, 6) is 1.95. The van der Waals surface area contributed by atoms with Crippen molar-refractivity contribution < 1.29 is 13.2 Å². The van der Waals surface area contributed by atoms with Gasteiger partial charge in [0.25, 0.3) is 0 Å². The second kappa shape index (κ2) is 8.73. The van der Waals surface area contributed by atoms with Crippen molar-refractivity contribution in [2.45, 2.75) is 4.90 Å². The van der Waals surface area contributed by atoms with Gasteiger partial charge in [-0.1, -0.05) is 11.6 Å². The summed E-state index contributed by atoms with van der Waals surface area (Å²) in [6.07, 6.45) is 7.55. The largest absolute Gasteiger partial charge is 0.455 e. The lowest BCUT2D eigenvalue weighted by Gasteiger charge is -2.11. The summed E-state index contributed by atoms with van der Waals surface area (Å²) in [6, 6.07) is 13.4. The number of anilines is 2. The first kappa shape index (κ1) is 21.8. The van der Waals surface area contributed by atoms with Gasteiger partial charge >= 0.3 is 0 Å². The van der Waals surface area contributed by atoms with Gasteiger partial charge in [-0.05, 0) is 48.5 Å². The third kappa shape index (κ3) is 4.41. The third-order valence-corrected chi connectivity index (χ3v) is 6.39. The molecular formula is C23H17ClN6O3S. The van der Waals surface area contributed by atoms with Gasteiger partial charge in [0.05, 0.1) is 21.8 Å². The number of fused-ring (bicyclic) bond motifs is 1. The minimum absolute atomic E-state index is 0.205. The highest BCUT2D eigenvalue weighted by Gasteiger charge is 2.17. The fourth-order valence-corrected chi connectivity index (χ4v) is 4.23. The molecule has 5 aromatic rings. The van der Waals surface area contributed by atoms with Crippen LogP contribution in [0.25, 0.3) is 22.2 Å². The summed E-state index contributed by atoms with van der Waals surface area (Å²) < 4.78 is 29.7. The number of aromatic amines is 1. The van der Waals surface area contributed by atoms with E-state index >= 15 is 0 Å². The summed E-state index contributed by atoms with van der Waals surface area (Å²) >= 11 is 6.41. The first-order valence-corrected chi connectivity index (χ1v) is 12.3. The molecule has 0 saturated carbocycles. The number of hydrogen-bond donors (Lipinski definition) is 2. The van der Waals surface area contributed by atoms with Crippen LogP contribution in [-0.2, 0) is 9.84 Å². The van der Waals surface area contributed by atoms with Crippen LogP contribution in [-0.4, -0.2) is 39.8 Å². The maximum atomic E-state index is 11.8. The molecule has 3 heterocycles. The molecule has 170 valence electrons. The smallest absolute Gasteiger partial charge is 0.175 e. The van der Waals surface area contributed by atoms with Gasteiger partial charge < -0.3 is 10.1 Å². The number of H-pyrrole nitrogens is 1. The van der Waals surface area contributed by atoms with Crippen LogP contribution in [0.5, 0.6) is 11.5 Å². The Morgan fingerprint density at radius 2 is 1.85 bits per heavy atom. The average Bonchev–Trinajstić information content (AvgIpc) is 3.23. The maximum absolute atomic E-state index is 11.8. The summed E-state index contributed by atoms with van der Waals surface area (Å²) in [4.78, 5) is 12.9. The molecule has 0 aliphatic heterocycles. The lowest BCUT2D eigenvalue weighted by Crippen LogP contribution is -1.96. The first-order chi connectivity index (χ1) is 16.4. The van der Waals surface area contributed by atoms with Crippen molar-refractivity contribution in [3.63, 3.8) is 0 Å². The summed E-state index contributed by atoms with van der Waals surface area (Å²) in [5, 5.41) is 11.7. The Hall–Kier alpha value is -4.02. The number of aromatic nitrogens is 5. The molecule has 0 unspecified atom stereocenters. The molecule has 0 radical (unpaired) electrons. The Morgan fingerprint density at radius 3 is 2.56 bits per heavy atom. The fourth-order valence-electron chi connectivity index (χ4n) is 3.37. The van der Waals surface area contributed by atoms with Gasteiger partial charge in [-0.15, -0.1) is 0 Å². The Kier molecular flexibility index (Phi) is 5.60. The van der Waals surface area contributed by atoms with E-state index in [0.717, 1.165) is 6.26 Å². The Bertz CT molecular complexity index is 1590. The Morgan fingerprint density at radius 1 is 1.03 bits per heavy atom. The minimum Gasteiger partial charge on any atom is -0.455 e. The van der Waals surface area contributed by atoms with E-state index in [1.807, 2.05) is 6.07 Å². The summed E-state index contributed by atoms with van der Waals surface area (Å²) in [7, 11) is -3.31. The van der Waals surface area contributed by atoms with Gasteiger partial charge in [-0.25, -0.2) is 13.4 Å². The summed E-state index contributed by atoms with van der Waals surface area (Å²) in [5.41, 5.74) is 1.91. The van der Waals surface area contributed by atoms with Gasteiger partial charge in [-0.3, -0.25) is 15.1 Å². The standard InChI is InChI=1S/C23H17ClN6O3S/c1-34(31,32)16-6-4-15(5-7-16)33-19-12-14(21-18(24)3-2-8-27-21)11-17-22(19)29-30-23(17)28-20-13-25-9-10-26-20/h2-13H,1H3,(H2,26,28,29,30). The second-order valence-electron chi connectivity index (χ2n) is 7.36. The predicted molar refractivity (Wildman–Crippen MR) is 129 cm³/mol. The zero-order chi connectivity index (χ0) is 23.7. The molecule has 0 bridgehead atoms. The fraction of sp³-hybridized carbons (Fsp3) is 0.0435. The molecule has 5 rings (SSSR count). The summed E-state index contributed by atoms with van der Waals surface area (Å²) in [6.45, 7) is 0. The minimum atomic E-state index is -3.31. The van der Waals surface area contributed by atoms with Gasteiger partial charge in [0.1, 0.15) is 17.1 Å². The molecule has 0 fully saturated rings. The molecular weight excluding hydrogens is 476 g/mol. The highest BCUT2D eigenvalue weighted by Crippen LogP contribution is 2.38. The van der Waals surface area contributed by atoms with E-state index < -0.39 is 9.84 Å². The van der Waals surface area contributed by atoms with Gasteiger partial charge in [-0.2, -0.15) is 5.10 Å². The van der Waals surface area contributed by atoms with Crippen LogP contribution in [0, 0.1) is 0 Å². The molecule has 0 saturated heterocycles. The molecule has 0 aliphatic carbocycles. The van der Waals surface area contributed by atoms with Gasteiger partial charge in [0.15, 0.2) is 21.4 Å². The van der Waals surface area contributed by atoms with Gasteiger partial charge in [0, 0.05) is 35.8 Å². The number of benzene rings is 2. The predicted octanol–water partition coefficient (Wildman–Crippen LogP) is 5.01. The molecule has 2 aromatic carbocycles. The third-order valence-electron chi connectivity index (χ3n) is 4.96. The number of pyridine rings is 1. The number of rotatable bonds is 6. The first-order valence-electron chi connectivity index (χ1n) is 10.0. The highest BCUT2D eigenvalue weighted by molar-refractivity contribution is 7.90. The Balaban J connectivity index is 1.62. The van der Waals surface area contributed by atoms with E-state index in [-0.39, 0.29) is 4.90 Å². The van der Waals surface area contributed by atoms with Crippen molar-refractivity contribution in [2.24, 2.45) is 0 Å². The molecule has 9 nitrogen and oxygen atoms in total. The number of halogens is 1. The zero-order valence-corrected chi connectivity index (χ0v) is 19.3. The van der Waals surface area contributed by atoms with Crippen molar-refractivity contribution in [2.75, 3.05) is 11.6 Å². The number of hydrogen-bond acceptors (Lipinski definition) is 8. The van der Waals surface area contributed by atoms with Crippen molar-refractivity contribution in [3.8, 4) is 22.8 Å². The molecule has 0 spiro atoms. The normalized spacial score (nSPS) is 11.5. The molecule has 11 heteroatoms. The van der Waals surface area contributed by atoms with Crippen LogP contribution in [0.2, 0.25) is 5.02 Å². The van der Waals surface area contributed by atoms with Crippen LogP contribution in [0.4, 0.5) is 11.6 Å². The van der Waals surface area contributed by atoms with Gasteiger partial charge in [0.2, 0.25) is 0 Å². The SMILES string of the molecule is CS(=O)(=O)c1ccc(Oc2cc(-c3ncccc3Cl)cc3c(Nc4cnccn4)n[nH]c23)cc1. The number of sulfone groups is 1. The van der Waals surface area contributed by atoms with Crippen molar-refractivity contribution in [1.29, 1.82) is 0 Å². The average molecular weight is 493 g/mol. The van der Waals surface area contributed by atoms with Crippen LogP contribution in [0.15, 0.2) is 78.2 Å².